The quantitative estimate of drug-likeness (QED) is 0.0607. The predicted octanol–water partition coefficient (Wildman–Crippen LogP) is 21.2. The van der Waals surface area contributed by atoms with Gasteiger partial charge in [0.05, 0.1) is 37.1 Å². The molecule has 0 spiro atoms. The zero-order valence-electron chi connectivity index (χ0n) is 47.6. The summed E-state index contributed by atoms with van der Waals surface area (Å²) in [7, 11) is 0. The van der Waals surface area contributed by atoms with Crippen molar-refractivity contribution in [2.24, 2.45) is 0 Å². The van der Waals surface area contributed by atoms with Crippen LogP contribution in [0.2, 0.25) is 0 Å². The molecule has 0 aliphatic rings. The third-order valence-corrected chi connectivity index (χ3v) is 13.9. The van der Waals surface area contributed by atoms with Crippen molar-refractivity contribution in [3.63, 3.8) is 0 Å². The Balaban J connectivity index is 3.84. The van der Waals surface area contributed by atoms with Gasteiger partial charge in [0, 0.05) is 0 Å². The molecule has 0 aromatic heterocycles. The van der Waals surface area contributed by atoms with E-state index in [1.807, 2.05) is 0 Å². The van der Waals surface area contributed by atoms with Crippen molar-refractivity contribution in [3.05, 3.63) is 0 Å². The zero-order chi connectivity index (χ0) is 49.9. The molecule has 0 bridgehead atoms. The van der Waals surface area contributed by atoms with Gasteiger partial charge in [-0.2, -0.15) is 0 Å². The van der Waals surface area contributed by atoms with Gasteiger partial charge in [-0.1, -0.05) is 221 Å². The van der Waals surface area contributed by atoms with Crippen LogP contribution in [0.5, 0.6) is 34.5 Å². The summed E-state index contributed by atoms with van der Waals surface area (Å²) in [5.41, 5.74) is 0. The van der Waals surface area contributed by atoms with E-state index in [2.05, 4.69) is 76.2 Å². The van der Waals surface area contributed by atoms with Crippen LogP contribution in [-0.2, 0) is 0 Å². The smallest absolute Gasteiger partial charge is 0.212 e. The molecule has 0 heterocycles. The summed E-state index contributed by atoms with van der Waals surface area (Å²) >= 11 is 0. The Hall–Kier alpha value is -1.98. The molecule has 0 saturated heterocycles. The first kappa shape index (κ1) is 64.0. The highest BCUT2D eigenvalue weighted by Gasteiger charge is 2.36. The van der Waals surface area contributed by atoms with E-state index in [0.717, 1.165) is 77.0 Å². The molecule has 6 heteroatoms. The lowest BCUT2D eigenvalue weighted by Gasteiger charge is -2.31. The molecule has 0 N–H and O–H groups in total. The minimum Gasteiger partial charge on any atom is -0.486 e. The third-order valence-electron chi connectivity index (χ3n) is 13.9. The third kappa shape index (κ3) is 32.1. The fraction of sp³-hybridized carbons (Fsp3) is 0.903. The van der Waals surface area contributed by atoms with E-state index in [1.54, 1.807) is 0 Å². The van der Waals surface area contributed by atoms with Gasteiger partial charge < -0.3 is 28.4 Å². The number of hydrogen-bond acceptors (Lipinski definition) is 6. The molecule has 6 nitrogen and oxygen atoms in total. The number of unbranched alkanes of at least 4 members (excludes halogenated alkanes) is 28. The average Bonchev–Trinajstić information content (AvgIpc) is 3.32. The first-order valence-corrected chi connectivity index (χ1v) is 30.4. The molecule has 1 rings (SSSR count). The van der Waals surface area contributed by atoms with E-state index < -0.39 is 0 Å². The molecular formula is C62H118O6. The van der Waals surface area contributed by atoms with Crippen molar-refractivity contribution in [2.75, 3.05) is 6.61 Å². The molecule has 0 radical (unpaired) electrons. The van der Waals surface area contributed by atoms with Crippen molar-refractivity contribution in [1.82, 2.24) is 0 Å². The van der Waals surface area contributed by atoms with Gasteiger partial charge >= 0.3 is 0 Å². The van der Waals surface area contributed by atoms with Crippen molar-refractivity contribution in [2.45, 2.75) is 357 Å². The molecule has 1 aromatic rings. The highest BCUT2D eigenvalue weighted by Crippen LogP contribution is 2.60. The van der Waals surface area contributed by atoms with Gasteiger partial charge in [-0.25, -0.2) is 0 Å². The fourth-order valence-corrected chi connectivity index (χ4v) is 9.35. The van der Waals surface area contributed by atoms with E-state index >= 15 is 0 Å². The number of benzene rings is 1. The first-order valence-electron chi connectivity index (χ1n) is 30.4. The zero-order valence-corrected chi connectivity index (χ0v) is 47.6. The van der Waals surface area contributed by atoms with Gasteiger partial charge in [-0.15, -0.1) is 0 Å². The highest BCUT2D eigenvalue weighted by atomic mass is 16.6. The van der Waals surface area contributed by atoms with Gasteiger partial charge in [0.1, 0.15) is 0 Å². The maximum Gasteiger partial charge on any atom is 0.212 e. The lowest BCUT2D eigenvalue weighted by Crippen LogP contribution is -2.22. The molecule has 0 unspecified atom stereocenters. The van der Waals surface area contributed by atoms with Gasteiger partial charge in [0.2, 0.25) is 34.5 Å². The minimum absolute atomic E-state index is 0.0413. The first-order chi connectivity index (χ1) is 33.2. The summed E-state index contributed by atoms with van der Waals surface area (Å²) in [5.74, 6) is 3.84. The largest absolute Gasteiger partial charge is 0.486 e. The molecule has 0 aliphatic carbocycles. The average molecular weight is 960 g/mol. The van der Waals surface area contributed by atoms with Crippen molar-refractivity contribution in [1.29, 1.82) is 0 Å². The molecule has 0 aliphatic heterocycles. The van der Waals surface area contributed by atoms with Crippen molar-refractivity contribution in [3.8, 4) is 34.5 Å². The Morgan fingerprint density at radius 3 is 0.618 bits per heavy atom. The van der Waals surface area contributed by atoms with Crippen LogP contribution in [0.25, 0.3) is 0 Å². The van der Waals surface area contributed by atoms with Crippen LogP contribution in [0, 0.1) is 0 Å². The molecule has 402 valence electrons. The molecular weight excluding hydrogens is 841 g/mol. The summed E-state index contributed by atoms with van der Waals surface area (Å²) in [6.07, 6.45) is 47.1. The second-order valence-corrected chi connectivity index (χ2v) is 21.3. The lowest BCUT2D eigenvalue weighted by molar-refractivity contribution is 0.117. The van der Waals surface area contributed by atoms with Gasteiger partial charge in [-0.05, 0) is 105 Å². The molecule has 0 amide bonds. The van der Waals surface area contributed by atoms with Crippen LogP contribution in [0.1, 0.15) is 327 Å². The molecule has 0 fully saturated rings. The Labute approximate surface area is 425 Å². The van der Waals surface area contributed by atoms with Crippen LogP contribution in [0.4, 0.5) is 0 Å². The highest BCUT2D eigenvalue weighted by molar-refractivity contribution is 5.74. The second-order valence-electron chi connectivity index (χ2n) is 21.3. The number of rotatable bonds is 51. The molecule has 0 saturated carbocycles. The lowest BCUT2D eigenvalue weighted by atomic mass is 10.0. The number of ether oxygens (including phenoxy) is 6. The Bertz CT molecular complexity index is 1190. The standard InChI is InChI=1S/C62H118O6/c1-12-18-24-30-31-32-33-34-35-36-37-38-39-45-51-63-57-58(64-52(7)46-40-25-19-13-2)60(66-54(9)48-42-27-21-15-4)62(68-56(11)50-44-29-23-17-6)61(67-55(10)49-43-28-22-16-5)59(57)65-53(8)47-41-26-20-14-3/h52-56H,12-51H2,1-11H3/t52-,53-,54-,55-,56-/m1/s1. The minimum atomic E-state index is -0.0442. The van der Waals surface area contributed by atoms with E-state index in [-0.39, 0.29) is 30.5 Å². The van der Waals surface area contributed by atoms with Crippen LogP contribution < -0.4 is 28.4 Å². The molecule has 5 atom stereocenters. The summed E-state index contributed by atoms with van der Waals surface area (Å²) in [6.45, 7) is 25.4. The monoisotopic (exact) mass is 959 g/mol. The SMILES string of the molecule is CCCCCCCCCCCCCCCCOc1c(O[C@H](C)CCCCCC)c(O[C@H](C)CCCCCC)c(O[C@H](C)CCCCCC)c(O[C@H](C)CCCCCC)c1O[C@H](C)CCCCCC. The maximum atomic E-state index is 7.24. The van der Waals surface area contributed by atoms with Crippen molar-refractivity contribution < 1.29 is 28.4 Å². The van der Waals surface area contributed by atoms with E-state index in [0.29, 0.717) is 41.1 Å². The molecule has 68 heavy (non-hydrogen) atoms. The van der Waals surface area contributed by atoms with Gasteiger partial charge in [0.25, 0.3) is 0 Å². The second kappa shape index (κ2) is 44.9. The Morgan fingerprint density at radius 2 is 0.397 bits per heavy atom. The van der Waals surface area contributed by atoms with Crippen LogP contribution in [0.15, 0.2) is 0 Å². The molecule has 1 aromatic carbocycles. The number of hydrogen-bond donors (Lipinski definition) is 0. The normalized spacial score (nSPS) is 13.8. The van der Waals surface area contributed by atoms with E-state index in [4.69, 9.17) is 28.4 Å². The van der Waals surface area contributed by atoms with Crippen molar-refractivity contribution >= 4 is 0 Å². The van der Waals surface area contributed by atoms with Crippen LogP contribution >= 0.6 is 0 Å². The van der Waals surface area contributed by atoms with Crippen LogP contribution in [0.3, 0.4) is 0 Å². The maximum absolute atomic E-state index is 7.24. The summed E-state index contributed by atoms with van der Waals surface area (Å²) in [5, 5.41) is 0. The van der Waals surface area contributed by atoms with Gasteiger partial charge in [-0.3, -0.25) is 0 Å². The summed E-state index contributed by atoms with van der Waals surface area (Å²) in [4.78, 5) is 0. The van der Waals surface area contributed by atoms with E-state index in [9.17, 15) is 0 Å². The summed E-state index contributed by atoms with van der Waals surface area (Å²) < 4.78 is 43.3. The fourth-order valence-electron chi connectivity index (χ4n) is 9.35. The van der Waals surface area contributed by atoms with Gasteiger partial charge in [0.15, 0.2) is 0 Å². The Morgan fingerprint density at radius 1 is 0.221 bits per heavy atom. The van der Waals surface area contributed by atoms with Crippen LogP contribution in [-0.4, -0.2) is 37.1 Å². The van der Waals surface area contributed by atoms with E-state index in [1.165, 1.54) is 173 Å². The summed E-state index contributed by atoms with van der Waals surface area (Å²) in [6, 6.07) is 0. The Kier molecular flexibility index (Phi) is 42.3. The predicted molar refractivity (Wildman–Crippen MR) is 296 cm³/mol. The topological polar surface area (TPSA) is 55.4 Å².